The van der Waals surface area contributed by atoms with Gasteiger partial charge in [-0.3, -0.25) is 0 Å². The molecular weight excluding hydrogens is 260 g/mol. The molecule has 1 saturated carbocycles. The topological polar surface area (TPSA) is 77.3 Å². The lowest BCUT2D eigenvalue weighted by molar-refractivity contribution is 0.0316. The van der Waals surface area contributed by atoms with E-state index in [9.17, 15) is 9.59 Å². The molecule has 6 nitrogen and oxygen atoms in total. The maximum atomic E-state index is 11.5. The minimum Gasteiger partial charge on any atom is -0.441 e. The van der Waals surface area contributed by atoms with Gasteiger partial charge in [0.1, 0.15) is 11.2 Å². The van der Waals surface area contributed by atoms with Crippen LogP contribution in [0, 0.1) is 11.8 Å². The molecule has 2 atom stereocenters. The lowest BCUT2D eigenvalue weighted by Gasteiger charge is -2.23. The van der Waals surface area contributed by atoms with Crippen LogP contribution in [-0.4, -0.2) is 23.4 Å². The van der Waals surface area contributed by atoms with Gasteiger partial charge in [0.25, 0.3) is 0 Å². The highest BCUT2D eigenvalue weighted by atomic mass is 16.6. The Bertz CT molecular complexity index is 410. The highest BCUT2D eigenvalue weighted by molar-refractivity contribution is 5.73. The average molecular weight is 284 g/mol. The van der Waals surface area contributed by atoms with Crippen molar-refractivity contribution < 1.29 is 19.1 Å². The summed E-state index contributed by atoms with van der Waals surface area (Å²) >= 11 is 0. The van der Waals surface area contributed by atoms with Crippen molar-refractivity contribution in [3.63, 3.8) is 0 Å². The minimum absolute atomic E-state index is 0.598. The molecule has 0 aliphatic heterocycles. The largest absolute Gasteiger partial charge is 0.453 e. The van der Waals surface area contributed by atoms with Gasteiger partial charge in [-0.1, -0.05) is 17.2 Å². The molecule has 1 rings (SSSR count). The van der Waals surface area contributed by atoms with E-state index in [1.165, 1.54) is 6.42 Å². The molecule has 6 heteroatoms. The van der Waals surface area contributed by atoms with Crippen LogP contribution in [0.5, 0.6) is 0 Å². The Hall–Kier alpha value is -1.46. The van der Waals surface area contributed by atoms with Crippen LogP contribution in [0.15, 0.2) is 10.2 Å². The van der Waals surface area contributed by atoms with E-state index in [1.807, 2.05) is 13.8 Å². The van der Waals surface area contributed by atoms with Gasteiger partial charge in [0, 0.05) is 0 Å². The number of nitrogens with zero attached hydrogens (tertiary/aromatic N) is 2. The van der Waals surface area contributed by atoms with E-state index in [2.05, 4.69) is 17.2 Å². The molecule has 1 unspecified atom stereocenters. The summed E-state index contributed by atoms with van der Waals surface area (Å²) < 4.78 is 10.1. The second-order valence-corrected chi connectivity index (χ2v) is 6.99. The summed E-state index contributed by atoms with van der Waals surface area (Å²) in [7, 11) is 0. The molecule has 0 aromatic rings. The quantitative estimate of drug-likeness (QED) is 0.722. The molecule has 0 aromatic carbocycles. The van der Waals surface area contributed by atoms with Crippen molar-refractivity contribution in [2.24, 2.45) is 22.1 Å². The predicted octanol–water partition coefficient (Wildman–Crippen LogP) is 4.34. The van der Waals surface area contributed by atoms with E-state index >= 15 is 0 Å². The summed E-state index contributed by atoms with van der Waals surface area (Å²) in [5, 5.41) is 6.42. The Kier molecular flexibility index (Phi) is 4.89. The zero-order valence-electron chi connectivity index (χ0n) is 13.1. The molecule has 2 amide bonds. The molecule has 0 aromatic heterocycles. The van der Waals surface area contributed by atoms with Crippen LogP contribution in [0.4, 0.5) is 9.59 Å². The number of hydrogen-bond acceptors (Lipinski definition) is 4. The van der Waals surface area contributed by atoms with Crippen molar-refractivity contribution in [1.82, 2.24) is 0 Å². The van der Waals surface area contributed by atoms with Gasteiger partial charge in [-0.25, -0.2) is 9.59 Å². The maximum Gasteiger partial charge on any atom is 0.453 e. The van der Waals surface area contributed by atoms with E-state index in [0.29, 0.717) is 11.8 Å². The van der Waals surface area contributed by atoms with Crippen molar-refractivity contribution in [3.8, 4) is 0 Å². The number of carbonyl (C=O) groups is 2. The van der Waals surface area contributed by atoms with Crippen LogP contribution in [-0.2, 0) is 9.47 Å². The number of carbonyl (C=O) groups excluding carboxylic acids is 2. The molecule has 0 radical (unpaired) electrons. The van der Waals surface area contributed by atoms with Crippen LogP contribution < -0.4 is 0 Å². The minimum atomic E-state index is -0.900. The van der Waals surface area contributed by atoms with Crippen molar-refractivity contribution in [2.45, 2.75) is 65.6 Å². The zero-order chi connectivity index (χ0) is 15.6. The molecule has 1 aliphatic rings. The SMILES string of the molecule is CC1C[C@@H]1CC(C)(C)OC(=O)/N=N/C(=O)OC(C)(C)C. The Morgan fingerprint density at radius 3 is 1.90 bits per heavy atom. The first-order valence-electron chi connectivity index (χ1n) is 6.86. The second-order valence-electron chi connectivity index (χ2n) is 6.99. The van der Waals surface area contributed by atoms with Gasteiger partial charge >= 0.3 is 12.2 Å². The highest BCUT2D eigenvalue weighted by Crippen LogP contribution is 2.44. The fourth-order valence-corrected chi connectivity index (χ4v) is 1.98. The third kappa shape index (κ3) is 6.63. The van der Waals surface area contributed by atoms with Crippen LogP contribution in [0.1, 0.15) is 54.4 Å². The summed E-state index contributed by atoms with van der Waals surface area (Å²) in [6.07, 6.45) is 0.194. The second kappa shape index (κ2) is 5.89. The number of rotatable bonds is 3. The number of ether oxygens (including phenoxy) is 2. The Balaban J connectivity index is 2.40. The van der Waals surface area contributed by atoms with Gasteiger partial charge in [0.2, 0.25) is 0 Å². The molecule has 0 saturated heterocycles. The smallest absolute Gasteiger partial charge is 0.441 e. The van der Waals surface area contributed by atoms with Crippen molar-refractivity contribution in [2.75, 3.05) is 0 Å². The number of azo groups is 1. The predicted molar refractivity (Wildman–Crippen MR) is 73.5 cm³/mol. The molecule has 1 fully saturated rings. The average Bonchev–Trinajstić information content (AvgIpc) is 2.86. The number of amides is 2. The van der Waals surface area contributed by atoms with E-state index < -0.39 is 23.4 Å². The van der Waals surface area contributed by atoms with E-state index in [0.717, 1.165) is 6.42 Å². The third-order valence-corrected chi connectivity index (χ3v) is 3.00. The normalized spacial score (nSPS) is 22.7. The van der Waals surface area contributed by atoms with E-state index in [-0.39, 0.29) is 0 Å². The Morgan fingerprint density at radius 2 is 1.50 bits per heavy atom. The first-order chi connectivity index (χ1) is 8.98. The zero-order valence-corrected chi connectivity index (χ0v) is 13.1. The molecule has 0 bridgehead atoms. The highest BCUT2D eigenvalue weighted by Gasteiger charge is 2.38. The fourth-order valence-electron chi connectivity index (χ4n) is 1.98. The molecule has 0 N–H and O–H groups in total. The molecule has 1 aliphatic carbocycles. The first-order valence-corrected chi connectivity index (χ1v) is 6.86. The fraction of sp³-hybridized carbons (Fsp3) is 0.857. The summed E-state index contributed by atoms with van der Waals surface area (Å²) in [4.78, 5) is 22.8. The van der Waals surface area contributed by atoms with Crippen LogP contribution >= 0.6 is 0 Å². The van der Waals surface area contributed by atoms with Gasteiger partial charge < -0.3 is 9.47 Å². The maximum absolute atomic E-state index is 11.5. The van der Waals surface area contributed by atoms with Crippen LogP contribution in [0.2, 0.25) is 0 Å². The molecule has 0 spiro atoms. The standard InChI is InChI=1S/C14H24N2O4/c1-9-7-10(9)8-14(5,6)20-12(18)16-15-11(17)19-13(2,3)4/h9-10H,7-8H2,1-6H3/b16-15+/t9?,10-/m1/s1. The summed E-state index contributed by atoms with van der Waals surface area (Å²) in [6.45, 7) is 11.0. The Morgan fingerprint density at radius 1 is 1.05 bits per heavy atom. The van der Waals surface area contributed by atoms with Gasteiger partial charge in [0.15, 0.2) is 0 Å². The number of hydrogen-bond donors (Lipinski definition) is 0. The third-order valence-electron chi connectivity index (χ3n) is 3.00. The van der Waals surface area contributed by atoms with Crippen molar-refractivity contribution >= 4 is 12.2 Å². The Labute approximate surface area is 119 Å². The molecule has 114 valence electrons. The molecular formula is C14H24N2O4. The lowest BCUT2D eigenvalue weighted by Crippen LogP contribution is -2.27. The van der Waals surface area contributed by atoms with Gasteiger partial charge in [-0.15, -0.1) is 0 Å². The first kappa shape index (κ1) is 16.6. The van der Waals surface area contributed by atoms with E-state index in [4.69, 9.17) is 9.47 Å². The van der Waals surface area contributed by atoms with Crippen molar-refractivity contribution in [1.29, 1.82) is 0 Å². The van der Waals surface area contributed by atoms with Gasteiger partial charge in [-0.2, -0.15) is 0 Å². The summed E-state index contributed by atoms with van der Waals surface area (Å²) in [5.74, 6) is 1.29. The summed E-state index contributed by atoms with van der Waals surface area (Å²) in [5.41, 5.74) is -1.26. The van der Waals surface area contributed by atoms with Gasteiger partial charge in [0.05, 0.1) is 0 Å². The van der Waals surface area contributed by atoms with Crippen LogP contribution in [0.25, 0.3) is 0 Å². The lowest BCUT2D eigenvalue weighted by atomic mass is 10.0. The molecule has 0 heterocycles. The molecule has 20 heavy (non-hydrogen) atoms. The van der Waals surface area contributed by atoms with Gasteiger partial charge in [-0.05, 0) is 59.3 Å². The van der Waals surface area contributed by atoms with Crippen molar-refractivity contribution in [3.05, 3.63) is 0 Å². The van der Waals surface area contributed by atoms with E-state index in [1.54, 1.807) is 20.8 Å². The van der Waals surface area contributed by atoms with Crippen LogP contribution in [0.3, 0.4) is 0 Å². The monoisotopic (exact) mass is 284 g/mol. The summed E-state index contributed by atoms with van der Waals surface area (Å²) in [6, 6.07) is 0.